The lowest BCUT2D eigenvalue weighted by atomic mass is 9.96. The minimum absolute atomic E-state index is 0.176. The fourth-order valence-electron chi connectivity index (χ4n) is 2.97. The van der Waals surface area contributed by atoms with Gasteiger partial charge < -0.3 is 4.74 Å². The number of morpholine rings is 1. The number of carbonyl (C=O) groups excluding carboxylic acids is 1. The van der Waals surface area contributed by atoms with Gasteiger partial charge >= 0.3 is 0 Å². The smallest absolute Gasteiger partial charge is 0.158 e. The molecular formula is C19H21NO2. The van der Waals surface area contributed by atoms with Crippen molar-refractivity contribution in [2.45, 2.75) is 12.5 Å². The van der Waals surface area contributed by atoms with Gasteiger partial charge in [0.15, 0.2) is 5.78 Å². The van der Waals surface area contributed by atoms with E-state index in [0.29, 0.717) is 19.6 Å². The van der Waals surface area contributed by atoms with Crippen molar-refractivity contribution in [1.29, 1.82) is 0 Å². The molecule has 3 rings (SSSR count). The van der Waals surface area contributed by atoms with Crippen molar-refractivity contribution in [2.75, 3.05) is 26.3 Å². The molecule has 3 heteroatoms. The van der Waals surface area contributed by atoms with E-state index in [-0.39, 0.29) is 11.8 Å². The molecule has 0 N–H and O–H groups in total. The molecule has 1 atom stereocenters. The van der Waals surface area contributed by atoms with Crippen LogP contribution in [0.1, 0.15) is 17.2 Å². The van der Waals surface area contributed by atoms with E-state index in [4.69, 9.17) is 4.74 Å². The van der Waals surface area contributed by atoms with E-state index < -0.39 is 0 Å². The molecule has 0 aliphatic carbocycles. The Morgan fingerprint density at radius 3 is 2.18 bits per heavy atom. The Kier molecular flexibility index (Phi) is 4.99. The van der Waals surface area contributed by atoms with Crippen molar-refractivity contribution in [3.8, 4) is 0 Å². The molecule has 0 radical (unpaired) electrons. The molecule has 1 heterocycles. The average Bonchev–Trinajstić information content (AvgIpc) is 2.58. The summed E-state index contributed by atoms with van der Waals surface area (Å²) in [6.07, 6.45) is 0.470. The van der Waals surface area contributed by atoms with Crippen LogP contribution in [-0.4, -0.2) is 37.0 Å². The second-order valence-electron chi connectivity index (χ2n) is 5.59. The number of hydrogen-bond donors (Lipinski definition) is 0. The first-order valence-electron chi connectivity index (χ1n) is 7.78. The van der Waals surface area contributed by atoms with Crippen LogP contribution in [0.5, 0.6) is 0 Å². The van der Waals surface area contributed by atoms with E-state index in [1.54, 1.807) is 0 Å². The molecule has 0 aromatic heterocycles. The first-order chi connectivity index (χ1) is 10.8. The minimum atomic E-state index is -0.176. The van der Waals surface area contributed by atoms with Crippen LogP contribution in [0.15, 0.2) is 60.7 Å². The molecule has 1 saturated heterocycles. The highest BCUT2D eigenvalue weighted by atomic mass is 16.5. The molecule has 0 saturated carbocycles. The van der Waals surface area contributed by atoms with Gasteiger partial charge in [0.1, 0.15) is 0 Å². The van der Waals surface area contributed by atoms with E-state index >= 15 is 0 Å². The van der Waals surface area contributed by atoms with E-state index in [2.05, 4.69) is 4.90 Å². The fourth-order valence-corrected chi connectivity index (χ4v) is 2.97. The van der Waals surface area contributed by atoms with Gasteiger partial charge in [-0.2, -0.15) is 0 Å². The highest BCUT2D eigenvalue weighted by Gasteiger charge is 2.28. The number of Topliss-reactive ketones (excluding diaryl/α,β-unsaturated/α-hetero) is 1. The maximum Gasteiger partial charge on any atom is 0.158 e. The molecule has 0 spiro atoms. The number of nitrogens with zero attached hydrogens (tertiary/aromatic N) is 1. The lowest BCUT2D eigenvalue weighted by Gasteiger charge is -2.34. The molecule has 22 heavy (non-hydrogen) atoms. The van der Waals surface area contributed by atoms with Crippen molar-refractivity contribution >= 4 is 5.78 Å². The number of benzene rings is 2. The van der Waals surface area contributed by atoms with Gasteiger partial charge in [-0.3, -0.25) is 9.69 Å². The molecule has 3 nitrogen and oxygen atoms in total. The van der Waals surface area contributed by atoms with Gasteiger partial charge in [0.05, 0.1) is 19.3 Å². The van der Waals surface area contributed by atoms with E-state index in [0.717, 1.165) is 24.2 Å². The lowest BCUT2D eigenvalue weighted by molar-refractivity contribution is -0.125. The van der Waals surface area contributed by atoms with Gasteiger partial charge in [0.2, 0.25) is 0 Å². The molecule has 2 aromatic rings. The summed E-state index contributed by atoms with van der Waals surface area (Å²) in [5.41, 5.74) is 2.15. The number of hydrogen-bond acceptors (Lipinski definition) is 3. The lowest BCUT2D eigenvalue weighted by Crippen LogP contribution is -2.42. The van der Waals surface area contributed by atoms with Crippen LogP contribution in [0.3, 0.4) is 0 Å². The number of ketones is 1. The van der Waals surface area contributed by atoms with Crippen molar-refractivity contribution in [2.24, 2.45) is 0 Å². The summed E-state index contributed by atoms with van der Waals surface area (Å²) in [5.74, 6) is 0.249. The highest BCUT2D eigenvalue weighted by molar-refractivity contribution is 5.87. The van der Waals surface area contributed by atoms with E-state index in [1.165, 1.54) is 0 Å². The molecule has 1 aliphatic heterocycles. The van der Waals surface area contributed by atoms with Crippen LogP contribution in [0.2, 0.25) is 0 Å². The van der Waals surface area contributed by atoms with Crippen molar-refractivity contribution in [3.63, 3.8) is 0 Å². The largest absolute Gasteiger partial charge is 0.379 e. The number of rotatable bonds is 5. The van der Waals surface area contributed by atoms with Crippen molar-refractivity contribution < 1.29 is 9.53 Å². The van der Waals surface area contributed by atoms with Gasteiger partial charge in [-0.05, 0) is 11.1 Å². The van der Waals surface area contributed by atoms with E-state index in [9.17, 15) is 4.79 Å². The summed E-state index contributed by atoms with van der Waals surface area (Å²) < 4.78 is 5.43. The van der Waals surface area contributed by atoms with E-state index in [1.807, 2.05) is 60.7 Å². The topological polar surface area (TPSA) is 29.5 Å². The van der Waals surface area contributed by atoms with Crippen molar-refractivity contribution in [3.05, 3.63) is 71.8 Å². The summed E-state index contributed by atoms with van der Waals surface area (Å²) in [6.45, 7) is 3.00. The zero-order chi connectivity index (χ0) is 15.2. The third-order valence-electron chi connectivity index (χ3n) is 4.05. The van der Waals surface area contributed by atoms with Crippen molar-refractivity contribution in [1.82, 2.24) is 4.90 Å². The SMILES string of the molecule is O=C(Cc1ccccc1)C(c1ccccc1)N1CCOCC1. The summed E-state index contributed by atoms with van der Waals surface area (Å²) in [4.78, 5) is 15.2. The number of ether oxygens (including phenoxy) is 1. The second kappa shape index (κ2) is 7.34. The monoisotopic (exact) mass is 295 g/mol. The zero-order valence-corrected chi connectivity index (χ0v) is 12.7. The summed E-state index contributed by atoms with van der Waals surface area (Å²) in [5, 5.41) is 0. The predicted octanol–water partition coefficient (Wildman–Crippen LogP) is 2.87. The predicted molar refractivity (Wildman–Crippen MR) is 86.7 cm³/mol. The molecule has 2 aromatic carbocycles. The molecule has 0 amide bonds. The molecule has 1 fully saturated rings. The van der Waals surface area contributed by atoms with Crippen LogP contribution in [-0.2, 0) is 16.0 Å². The van der Waals surface area contributed by atoms with Crippen LogP contribution >= 0.6 is 0 Å². The minimum Gasteiger partial charge on any atom is -0.379 e. The summed E-state index contributed by atoms with van der Waals surface area (Å²) in [7, 11) is 0. The second-order valence-corrected chi connectivity index (χ2v) is 5.59. The Morgan fingerprint density at radius 1 is 0.955 bits per heavy atom. The van der Waals surface area contributed by atoms with Gasteiger partial charge in [0.25, 0.3) is 0 Å². The summed E-state index contributed by atoms with van der Waals surface area (Å²) >= 11 is 0. The Labute approximate surface area is 131 Å². The maximum atomic E-state index is 12.9. The van der Waals surface area contributed by atoms with Gasteiger partial charge in [-0.1, -0.05) is 60.7 Å². The Balaban J connectivity index is 1.82. The Morgan fingerprint density at radius 2 is 1.55 bits per heavy atom. The van der Waals surface area contributed by atoms with Crippen LogP contribution < -0.4 is 0 Å². The van der Waals surface area contributed by atoms with Gasteiger partial charge in [-0.25, -0.2) is 0 Å². The van der Waals surface area contributed by atoms with Gasteiger partial charge in [0, 0.05) is 19.5 Å². The summed E-state index contributed by atoms with van der Waals surface area (Å²) in [6, 6.07) is 19.9. The van der Waals surface area contributed by atoms with Crippen LogP contribution in [0.25, 0.3) is 0 Å². The molecule has 1 unspecified atom stereocenters. The molecular weight excluding hydrogens is 274 g/mol. The average molecular weight is 295 g/mol. The maximum absolute atomic E-state index is 12.9. The third-order valence-corrected chi connectivity index (χ3v) is 4.05. The van der Waals surface area contributed by atoms with Crippen LogP contribution in [0.4, 0.5) is 0 Å². The quantitative estimate of drug-likeness (QED) is 0.849. The number of carbonyl (C=O) groups is 1. The Hall–Kier alpha value is -1.97. The standard InChI is InChI=1S/C19H21NO2/c21-18(15-16-7-3-1-4-8-16)19(17-9-5-2-6-10-17)20-11-13-22-14-12-20/h1-10,19H,11-15H2. The molecule has 1 aliphatic rings. The van der Waals surface area contributed by atoms with Crippen LogP contribution in [0, 0.1) is 0 Å². The highest BCUT2D eigenvalue weighted by Crippen LogP contribution is 2.24. The zero-order valence-electron chi connectivity index (χ0n) is 12.7. The first-order valence-corrected chi connectivity index (χ1v) is 7.78. The first kappa shape index (κ1) is 14.9. The normalized spacial score (nSPS) is 17.1. The fraction of sp³-hybridized carbons (Fsp3) is 0.316. The third kappa shape index (κ3) is 3.62. The molecule has 114 valence electrons. The Bertz CT molecular complexity index is 591. The molecule has 0 bridgehead atoms. The van der Waals surface area contributed by atoms with Gasteiger partial charge in [-0.15, -0.1) is 0 Å².